The topological polar surface area (TPSA) is 99.7 Å². The summed E-state index contributed by atoms with van der Waals surface area (Å²) in [6.45, 7) is 5.89. The van der Waals surface area contributed by atoms with Gasteiger partial charge in [0.1, 0.15) is 11.8 Å². The Morgan fingerprint density at radius 2 is 1.96 bits per heavy atom. The number of aliphatic hydroxyl groups excluding tert-OH is 1. The second-order valence-electron chi connectivity index (χ2n) is 6.54. The summed E-state index contributed by atoms with van der Waals surface area (Å²) in [6.07, 6.45) is 6.49. The zero-order chi connectivity index (χ0) is 18.6. The van der Waals surface area contributed by atoms with Crippen LogP contribution in [0.1, 0.15) is 52.9 Å². The van der Waals surface area contributed by atoms with Crippen LogP contribution in [-0.2, 0) is 9.53 Å². The zero-order valence-corrected chi connectivity index (χ0v) is 15.1. The van der Waals surface area contributed by atoms with E-state index in [0.29, 0.717) is 25.8 Å². The molecule has 0 rings (SSSR count). The van der Waals surface area contributed by atoms with Crippen molar-refractivity contribution in [1.82, 2.24) is 16.0 Å². The molecule has 0 heterocycles. The van der Waals surface area contributed by atoms with Gasteiger partial charge in [0.15, 0.2) is 0 Å². The molecule has 0 saturated heterocycles. The van der Waals surface area contributed by atoms with Crippen molar-refractivity contribution in [3.8, 4) is 12.3 Å². The Balaban J connectivity index is 4.09. The Kier molecular flexibility index (Phi) is 10.8. The van der Waals surface area contributed by atoms with Crippen LogP contribution in [-0.4, -0.2) is 48.6 Å². The summed E-state index contributed by atoms with van der Waals surface area (Å²) < 4.78 is 5.14. The fraction of sp³-hybridized carbons (Fsp3) is 0.765. The molecule has 2 atom stereocenters. The van der Waals surface area contributed by atoms with Gasteiger partial charge in [-0.2, -0.15) is 0 Å². The summed E-state index contributed by atoms with van der Waals surface area (Å²) in [5.74, 6) is 2.23. The molecule has 0 aromatic carbocycles. The Morgan fingerprint density at radius 3 is 2.50 bits per heavy atom. The molecule has 0 fully saturated rings. The molecule has 138 valence electrons. The summed E-state index contributed by atoms with van der Waals surface area (Å²) in [5.41, 5.74) is -0.519. The minimum atomic E-state index is -0.835. The molecule has 1 unspecified atom stereocenters. The lowest BCUT2D eigenvalue weighted by Crippen LogP contribution is -2.48. The average Bonchev–Trinajstić information content (AvgIpc) is 2.48. The van der Waals surface area contributed by atoms with Gasteiger partial charge in [-0.3, -0.25) is 10.1 Å². The summed E-state index contributed by atoms with van der Waals surface area (Å²) >= 11 is 0. The first-order chi connectivity index (χ1) is 11.2. The van der Waals surface area contributed by atoms with Crippen LogP contribution in [0.5, 0.6) is 0 Å². The highest BCUT2D eigenvalue weighted by Crippen LogP contribution is 2.07. The molecule has 0 spiro atoms. The number of alkyl carbamates (subject to hydrolysis) is 1. The van der Waals surface area contributed by atoms with Crippen molar-refractivity contribution in [1.29, 1.82) is 0 Å². The Bertz CT molecular complexity index is 427. The van der Waals surface area contributed by atoms with E-state index in [9.17, 15) is 14.7 Å². The van der Waals surface area contributed by atoms with Gasteiger partial charge in [-0.1, -0.05) is 0 Å². The minimum Gasteiger partial charge on any atom is -0.444 e. The molecular formula is C17H31N3O4. The average molecular weight is 341 g/mol. The molecule has 2 amide bonds. The van der Waals surface area contributed by atoms with E-state index in [-0.39, 0.29) is 12.3 Å². The van der Waals surface area contributed by atoms with Crippen molar-refractivity contribution in [2.75, 3.05) is 13.6 Å². The summed E-state index contributed by atoms with van der Waals surface area (Å²) in [5, 5.41) is 18.1. The molecule has 4 N–H and O–H groups in total. The maximum Gasteiger partial charge on any atom is 0.407 e. The molecule has 0 aliphatic heterocycles. The van der Waals surface area contributed by atoms with Crippen molar-refractivity contribution in [2.45, 2.75) is 70.7 Å². The lowest BCUT2D eigenvalue weighted by molar-refractivity contribution is -0.122. The number of aliphatic hydroxyl groups is 1. The third-order valence-corrected chi connectivity index (χ3v) is 3.13. The molecule has 0 radical (unpaired) electrons. The second-order valence-corrected chi connectivity index (χ2v) is 6.54. The predicted octanol–water partition coefficient (Wildman–Crippen LogP) is 1.12. The van der Waals surface area contributed by atoms with Crippen molar-refractivity contribution in [3.63, 3.8) is 0 Å². The van der Waals surface area contributed by atoms with E-state index in [0.717, 1.165) is 6.42 Å². The number of carbonyl (C=O) groups excluding carboxylic acids is 2. The Morgan fingerprint density at radius 1 is 1.29 bits per heavy atom. The van der Waals surface area contributed by atoms with Crippen LogP contribution in [0.25, 0.3) is 0 Å². The van der Waals surface area contributed by atoms with E-state index in [1.165, 1.54) is 0 Å². The highest BCUT2D eigenvalue weighted by molar-refractivity contribution is 5.76. The van der Waals surface area contributed by atoms with Gasteiger partial charge >= 0.3 is 6.09 Å². The number of terminal acetylenes is 1. The maximum atomic E-state index is 11.7. The number of unbranched alkanes of at least 4 members (excludes halogenated alkanes) is 1. The van der Waals surface area contributed by atoms with E-state index in [1.54, 1.807) is 27.8 Å². The van der Waals surface area contributed by atoms with Gasteiger partial charge in [0.25, 0.3) is 0 Å². The number of amides is 2. The van der Waals surface area contributed by atoms with Gasteiger partial charge in [-0.05, 0) is 47.1 Å². The summed E-state index contributed by atoms with van der Waals surface area (Å²) in [4.78, 5) is 23.2. The number of hydrogen-bond acceptors (Lipinski definition) is 5. The largest absolute Gasteiger partial charge is 0.444 e. The summed E-state index contributed by atoms with van der Waals surface area (Å²) in [6, 6.07) is -0.401. The summed E-state index contributed by atoms with van der Waals surface area (Å²) in [7, 11) is 1.62. The third kappa shape index (κ3) is 11.7. The first-order valence-electron chi connectivity index (χ1n) is 8.24. The molecule has 0 aromatic rings. The van der Waals surface area contributed by atoms with Gasteiger partial charge < -0.3 is 20.5 Å². The molecule has 0 bridgehead atoms. The van der Waals surface area contributed by atoms with Crippen molar-refractivity contribution in [2.24, 2.45) is 0 Å². The van der Waals surface area contributed by atoms with Gasteiger partial charge in [0, 0.05) is 19.4 Å². The third-order valence-electron chi connectivity index (χ3n) is 3.13. The highest BCUT2D eigenvalue weighted by Gasteiger charge is 2.19. The fourth-order valence-corrected chi connectivity index (χ4v) is 1.97. The number of hydrogen-bond donors (Lipinski definition) is 4. The van der Waals surface area contributed by atoms with Crippen LogP contribution < -0.4 is 16.0 Å². The first-order valence-corrected chi connectivity index (χ1v) is 8.24. The van der Waals surface area contributed by atoms with Crippen molar-refractivity contribution < 1.29 is 19.4 Å². The molecular weight excluding hydrogens is 310 g/mol. The molecule has 0 aliphatic carbocycles. The van der Waals surface area contributed by atoms with Gasteiger partial charge in [0.2, 0.25) is 5.91 Å². The lowest BCUT2D eigenvalue weighted by Gasteiger charge is -2.24. The van der Waals surface area contributed by atoms with Crippen LogP contribution in [0, 0.1) is 12.3 Å². The van der Waals surface area contributed by atoms with Crippen LogP contribution in [0.4, 0.5) is 4.79 Å². The van der Waals surface area contributed by atoms with Crippen molar-refractivity contribution in [3.05, 3.63) is 0 Å². The highest BCUT2D eigenvalue weighted by atomic mass is 16.6. The van der Waals surface area contributed by atoms with Crippen LogP contribution in [0.2, 0.25) is 0 Å². The molecule has 0 saturated carbocycles. The van der Waals surface area contributed by atoms with Crippen LogP contribution in [0.15, 0.2) is 0 Å². The van der Waals surface area contributed by atoms with E-state index in [2.05, 4.69) is 21.9 Å². The number of carbonyl (C=O) groups is 2. The SMILES string of the molecule is C#CCCC(=O)N[C@H](CCCCNC(=O)OC(C)(C)C)C(O)NC. The second kappa shape index (κ2) is 11.7. The normalized spacial score (nSPS) is 13.5. The van der Waals surface area contributed by atoms with E-state index in [1.807, 2.05) is 0 Å². The smallest absolute Gasteiger partial charge is 0.407 e. The van der Waals surface area contributed by atoms with Crippen LogP contribution >= 0.6 is 0 Å². The van der Waals surface area contributed by atoms with E-state index in [4.69, 9.17) is 11.2 Å². The van der Waals surface area contributed by atoms with E-state index >= 15 is 0 Å². The number of likely N-dealkylation sites (N-methyl/N-ethyl adjacent to an activating group) is 1. The molecule has 0 aliphatic rings. The molecule has 24 heavy (non-hydrogen) atoms. The fourth-order valence-electron chi connectivity index (χ4n) is 1.97. The van der Waals surface area contributed by atoms with Crippen molar-refractivity contribution >= 4 is 12.0 Å². The minimum absolute atomic E-state index is 0.181. The Labute approximate surface area is 144 Å². The monoisotopic (exact) mass is 341 g/mol. The zero-order valence-electron chi connectivity index (χ0n) is 15.1. The van der Waals surface area contributed by atoms with E-state index < -0.39 is 24.0 Å². The van der Waals surface area contributed by atoms with Gasteiger partial charge in [0.05, 0.1) is 6.04 Å². The maximum absolute atomic E-state index is 11.7. The number of nitrogens with one attached hydrogen (secondary N) is 3. The van der Waals surface area contributed by atoms with Gasteiger partial charge in [-0.25, -0.2) is 4.79 Å². The molecule has 0 aromatic heterocycles. The number of ether oxygens (including phenoxy) is 1. The Hall–Kier alpha value is -1.78. The van der Waals surface area contributed by atoms with Crippen LogP contribution in [0.3, 0.4) is 0 Å². The number of rotatable bonds is 10. The molecule has 7 heteroatoms. The lowest BCUT2D eigenvalue weighted by atomic mass is 10.1. The quantitative estimate of drug-likeness (QED) is 0.271. The van der Waals surface area contributed by atoms with Gasteiger partial charge in [-0.15, -0.1) is 12.3 Å². The molecule has 7 nitrogen and oxygen atoms in total. The standard InChI is InChI=1S/C17H31N3O4/c1-6-7-11-14(21)20-13(15(22)18-5)10-8-9-12-19-16(23)24-17(2,3)4/h1,13,15,18,22H,7-12H2,2-5H3,(H,19,23)(H,20,21)/t13-,15?/m1/s1. The predicted molar refractivity (Wildman–Crippen MR) is 93.2 cm³/mol. The first kappa shape index (κ1) is 22.2.